The third-order valence-corrected chi connectivity index (χ3v) is 4.07. The second kappa shape index (κ2) is 8.13. The number of aliphatic carboxylic acids is 1. The van der Waals surface area contributed by atoms with Gasteiger partial charge in [0.2, 0.25) is 5.91 Å². The van der Waals surface area contributed by atoms with Crippen molar-refractivity contribution in [3.63, 3.8) is 0 Å². The molecule has 2 N–H and O–H groups in total. The number of rotatable bonds is 6. The van der Waals surface area contributed by atoms with Crippen molar-refractivity contribution in [3.8, 4) is 0 Å². The molecule has 126 valence electrons. The summed E-state index contributed by atoms with van der Waals surface area (Å²) in [6.07, 6.45) is -0.180. The van der Waals surface area contributed by atoms with E-state index in [2.05, 4.69) is 5.32 Å². The molecule has 0 spiro atoms. The molecule has 0 radical (unpaired) electrons. The van der Waals surface area contributed by atoms with E-state index in [0.717, 1.165) is 0 Å². The van der Waals surface area contributed by atoms with Crippen molar-refractivity contribution >= 4 is 35.1 Å². The number of hydrogen-bond acceptors (Lipinski definition) is 2. The van der Waals surface area contributed by atoms with Crippen LogP contribution in [-0.4, -0.2) is 23.0 Å². The number of benzene rings is 2. The van der Waals surface area contributed by atoms with Crippen LogP contribution in [0, 0.1) is 5.82 Å². The molecule has 2 aromatic carbocycles. The van der Waals surface area contributed by atoms with Gasteiger partial charge in [0.1, 0.15) is 11.9 Å². The molecule has 0 aliphatic carbocycles. The molecule has 0 heterocycles. The summed E-state index contributed by atoms with van der Waals surface area (Å²) in [5.74, 6) is -2.20. The minimum Gasteiger partial charge on any atom is -0.480 e. The van der Waals surface area contributed by atoms with Crippen molar-refractivity contribution < 1.29 is 19.1 Å². The second-order valence-corrected chi connectivity index (χ2v) is 5.98. The van der Waals surface area contributed by atoms with E-state index in [-0.39, 0.29) is 12.8 Å². The number of carboxylic acids is 1. The van der Waals surface area contributed by atoms with Gasteiger partial charge in [-0.1, -0.05) is 41.4 Å². The maximum Gasteiger partial charge on any atom is 0.326 e. The Morgan fingerprint density at radius 1 is 1.12 bits per heavy atom. The first-order valence-electron chi connectivity index (χ1n) is 7.06. The van der Waals surface area contributed by atoms with E-state index in [9.17, 15) is 19.1 Å². The minimum atomic E-state index is -1.21. The summed E-state index contributed by atoms with van der Waals surface area (Å²) in [6.45, 7) is 0. The minimum absolute atomic E-state index is 0.0528. The first-order valence-corrected chi connectivity index (χ1v) is 7.82. The highest BCUT2D eigenvalue weighted by Gasteiger charge is 2.23. The fourth-order valence-corrected chi connectivity index (χ4v) is 2.76. The largest absolute Gasteiger partial charge is 0.480 e. The Kier molecular flexibility index (Phi) is 6.17. The average molecular weight is 370 g/mol. The highest BCUT2D eigenvalue weighted by molar-refractivity contribution is 6.36. The Morgan fingerprint density at radius 3 is 2.33 bits per heavy atom. The summed E-state index contributed by atoms with van der Waals surface area (Å²) >= 11 is 12.1. The molecule has 0 saturated carbocycles. The molecule has 0 aliphatic heterocycles. The SMILES string of the molecule is O=C(Cc1cccc(F)c1)N[C@H](Cc1c(Cl)cccc1Cl)C(=O)O. The molecule has 1 amide bonds. The molecule has 4 nitrogen and oxygen atoms in total. The molecule has 1 atom stereocenters. The summed E-state index contributed by atoms with van der Waals surface area (Å²) in [7, 11) is 0. The van der Waals surface area contributed by atoms with Crippen LogP contribution >= 0.6 is 23.2 Å². The van der Waals surface area contributed by atoms with Crippen LogP contribution in [-0.2, 0) is 22.4 Å². The van der Waals surface area contributed by atoms with Crippen molar-refractivity contribution in [1.29, 1.82) is 0 Å². The van der Waals surface area contributed by atoms with Crippen LogP contribution in [0.5, 0.6) is 0 Å². The van der Waals surface area contributed by atoms with Gasteiger partial charge in [0.25, 0.3) is 0 Å². The number of hydrogen-bond donors (Lipinski definition) is 2. The third-order valence-electron chi connectivity index (χ3n) is 3.36. The summed E-state index contributed by atoms with van der Waals surface area (Å²) < 4.78 is 13.1. The van der Waals surface area contributed by atoms with Gasteiger partial charge in [-0.3, -0.25) is 4.79 Å². The molecule has 0 aromatic heterocycles. The van der Waals surface area contributed by atoms with Gasteiger partial charge in [0, 0.05) is 16.5 Å². The van der Waals surface area contributed by atoms with Crippen LogP contribution in [0.4, 0.5) is 4.39 Å². The maximum absolute atomic E-state index is 13.1. The third kappa shape index (κ3) is 4.94. The molecular formula is C17H14Cl2FNO3. The number of amides is 1. The van der Waals surface area contributed by atoms with Crippen molar-refractivity contribution in [2.45, 2.75) is 18.9 Å². The van der Waals surface area contributed by atoms with E-state index in [1.807, 2.05) is 0 Å². The zero-order valence-corrected chi connectivity index (χ0v) is 13.9. The molecule has 2 rings (SSSR count). The topological polar surface area (TPSA) is 66.4 Å². The van der Waals surface area contributed by atoms with E-state index >= 15 is 0 Å². The lowest BCUT2D eigenvalue weighted by Gasteiger charge is -2.16. The van der Waals surface area contributed by atoms with Crippen molar-refractivity contribution in [3.05, 3.63) is 69.5 Å². The number of nitrogens with one attached hydrogen (secondary N) is 1. The fourth-order valence-electron chi connectivity index (χ4n) is 2.21. The highest BCUT2D eigenvalue weighted by Crippen LogP contribution is 2.25. The van der Waals surface area contributed by atoms with Crippen LogP contribution in [0.15, 0.2) is 42.5 Å². The Balaban J connectivity index is 2.08. The van der Waals surface area contributed by atoms with Crippen LogP contribution in [0.2, 0.25) is 10.0 Å². The van der Waals surface area contributed by atoms with Crippen LogP contribution in [0.3, 0.4) is 0 Å². The van der Waals surface area contributed by atoms with E-state index in [1.165, 1.54) is 18.2 Å². The maximum atomic E-state index is 13.1. The van der Waals surface area contributed by atoms with Gasteiger partial charge < -0.3 is 10.4 Å². The summed E-state index contributed by atoms with van der Waals surface area (Å²) in [4.78, 5) is 23.4. The van der Waals surface area contributed by atoms with E-state index in [1.54, 1.807) is 24.3 Å². The van der Waals surface area contributed by atoms with Crippen molar-refractivity contribution in [1.82, 2.24) is 5.32 Å². The predicted molar refractivity (Wildman–Crippen MR) is 89.8 cm³/mol. The Labute approximate surface area is 148 Å². The van der Waals surface area contributed by atoms with Crippen LogP contribution < -0.4 is 5.32 Å². The fraction of sp³-hybridized carbons (Fsp3) is 0.176. The summed E-state index contributed by atoms with van der Waals surface area (Å²) in [5.41, 5.74) is 0.895. The zero-order chi connectivity index (χ0) is 17.7. The standard InChI is InChI=1S/C17H14Cl2FNO3/c18-13-5-2-6-14(19)12(13)9-15(17(23)24)21-16(22)8-10-3-1-4-11(20)7-10/h1-7,15H,8-9H2,(H,21,22)(H,23,24)/t15-/m1/s1. The Hall–Kier alpha value is -2.11. The van der Waals surface area contributed by atoms with Gasteiger partial charge in [0.15, 0.2) is 0 Å². The lowest BCUT2D eigenvalue weighted by atomic mass is 10.0. The summed E-state index contributed by atoms with van der Waals surface area (Å²) in [6, 6.07) is 9.20. The first kappa shape index (κ1) is 18.2. The zero-order valence-electron chi connectivity index (χ0n) is 12.4. The van der Waals surface area contributed by atoms with E-state index < -0.39 is 23.7 Å². The van der Waals surface area contributed by atoms with Gasteiger partial charge in [0.05, 0.1) is 6.42 Å². The number of halogens is 3. The number of carbonyl (C=O) groups is 2. The smallest absolute Gasteiger partial charge is 0.326 e. The van der Waals surface area contributed by atoms with Gasteiger partial charge in [-0.2, -0.15) is 0 Å². The van der Waals surface area contributed by atoms with Gasteiger partial charge in [-0.25, -0.2) is 9.18 Å². The van der Waals surface area contributed by atoms with Crippen LogP contribution in [0.25, 0.3) is 0 Å². The lowest BCUT2D eigenvalue weighted by Crippen LogP contribution is -2.43. The average Bonchev–Trinajstić information content (AvgIpc) is 2.49. The predicted octanol–water partition coefficient (Wildman–Crippen LogP) is 3.49. The van der Waals surface area contributed by atoms with Crippen LogP contribution in [0.1, 0.15) is 11.1 Å². The molecule has 0 unspecified atom stereocenters. The Morgan fingerprint density at radius 2 is 1.75 bits per heavy atom. The molecule has 7 heteroatoms. The molecule has 0 fully saturated rings. The second-order valence-electron chi connectivity index (χ2n) is 5.17. The lowest BCUT2D eigenvalue weighted by molar-refractivity contribution is -0.141. The van der Waals surface area contributed by atoms with E-state index in [4.69, 9.17) is 23.2 Å². The molecule has 0 bridgehead atoms. The Bertz CT molecular complexity index is 747. The highest BCUT2D eigenvalue weighted by atomic mass is 35.5. The summed E-state index contributed by atoms with van der Waals surface area (Å²) in [5, 5.41) is 12.4. The number of carbonyl (C=O) groups excluding carboxylic acids is 1. The first-order chi connectivity index (χ1) is 11.4. The van der Waals surface area contributed by atoms with Crippen molar-refractivity contribution in [2.24, 2.45) is 0 Å². The van der Waals surface area contributed by atoms with Crippen molar-refractivity contribution in [2.75, 3.05) is 0 Å². The number of carboxylic acid groups (broad SMARTS) is 1. The van der Waals surface area contributed by atoms with Gasteiger partial charge in [-0.15, -0.1) is 0 Å². The van der Waals surface area contributed by atoms with Gasteiger partial charge in [-0.05, 0) is 35.4 Å². The normalized spacial score (nSPS) is 11.8. The molecule has 0 aliphatic rings. The monoisotopic (exact) mass is 369 g/mol. The molecule has 24 heavy (non-hydrogen) atoms. The van der Waals surface area contributed by atoms with E-state index in [0.29, 0.717) is 21.2 Å². The van der Waals surface area contributed by atoms with Gasteiger partial charge >= 0.3 is 5.97 Å². The molecule has 2 aromatic rings. The molecule has 0 saturated heterocycles. The molecular weight excluding hydrogens is 356 g/mol. The quantitative estimate of drug-likeness (QED) is 0.818.